The molecule has 5 nitrogen and oxygen atoms in total. The number of sulfone groups is 1. The summed E-state index contributed by atoms with van der Waals surface area (Å²) < 4.78 is 38.4. The molecule has 0 saturated heterocycles. The number of benzene rings is 1. The maximum absolute atomic E-state index is 13.7. The monoisotopic (exact) mass is 473 g/mol. The first-order valence-electron chi connectivity index (χ1n) is 10.3. The second-order valence-corrected chi connectivity index (χ2v) is 18.9. The van der Waals surface area contributed by atoms with E-state index >= 15 is 0 Å². The lowest BCUT2D eigenvalue weighted by Crippen LogP contribution is -2.42. The second kappa shape index (κ2) is 7.91. The van der Waals surface area contributed by atoms with Gasteiger partial charge in [-0.1, -0.05) is 53.1 Å². The average molecular weight is 474 g/mol. The summed E-state index contributed by atoms with van der Waals surface area (Å²) in [5.74, 6) is 0.482. The Morgan fingerprint density at radius 2 is 1.63 bits per heavy atom. The van der Waals surface area contributed by atoms with Gasteiger partial charge in [0.25, 0.3) is 0 Å². The molecule has 30 heavy (non-hydrogen) atoms. The van der Waals surface area contributed by atoms with E-state index in [9.17, 15) is 8.42 Å². The van der Waals surface area contributed by atoms with Crippen LogP contribution in [0.25, 0.3) is 11.1 Å². The van der Waals surface area contributed by atoms with Crippen LogP contribution in [-0.2, 0) is 19.7 Å². The number of hydrogen-bond acceptors (Lipinski definition) is 5. The molecular weight excluding hydrogens is 438 g/mol. The number of nitrogens with zero attached hydrogens (tertiary/aromatic N) is 1. The molecule has 0 bridgehead atoms. The highest BCUT2D eigenvalue weighted by atomic mass is 35.5. The van der Waals surface area contributed by atoms with E-state index in [-0.39, 0.29) is 26.0 Å². The van der Waals surface area contributed by atoms with Crippen molar-refractivity contribution in [2.45, 2.75) is 95.0 Å². The summed E-state index contributed by atoms with van der Waals surface area (Å²) in [7, 11) is -5.78. The molecular formula is C22H36ClNO4SSi. The summed E-state index contributed by atoms with van der Waals surface area (Å²) in [6.45, 7) is 20.5. The van der Waals surface area contributed by atoms with Gasteiger partial charge in [0.2, 0.25) is 5.89 Å². The van der Waals surface area contributed by atoms with Crippen LogP contribution in [0.15, 0.2) is 21.4 Å². The summed E-state index contributed by atoms with van der Waals surface area (Å²) in [5.41, 5.74) is 0.376. The second-order valence-electron chi connectivity index (χ2n) is 11.1. The van der Waals surface area contributed by atoms with E-state index in [4.69, 9.17) is 20.4 Å². The van der Waals surface area contributed by atoms with Crippen LogP contribution in [0.2, 0.25) is 23.2 Å². The minimum absolute atomic E-state index is 0.0157. The highest BCUT2D eigenvalue weighted by molar-refractivity contribution is 7.93. The zero-order chi connectivity index (χ0) is 23.3. The minimum Gasteiger partial charge on any atom is -0.439 e. The molecule has 0 fully saturated rings. The van der Waals surface area contributed by atoms with E-state index in [0.717, 1.165) is 0 Å². The maximum atomic E-state index is 13.7. The van der Waals surface area contributed by atoms with Gasteiger partial charge in [0.1, 0.15) is 10.4 Å². The minimum atomic E-state index is -3.81. The Kier molecular flexibility index (Phi) is 6.69. The number of rotatable bonds is 6. The normalized spacial score (nSPS) is 14.5. The Hall–Kier alpha value is -0.893. The molecule has 0 spiro atoms. The molecule has 170 valence electrons. The molecule has 0 aliphatic carbocycles. The summed E-state index contributed by atoms with van der Waals surface area (Å²) in [6.07, 6.45) is 0.356. The molecule has 0 N–H and O–H groups in total. The van der Waals surface area contributed by atoms with Crippen molar-refractivity contribution in [1.82, 2.24) is 4.98 Å². The highest BCUT2D eigenvalue weighted by Gasteiger charge is 2.42. The number of aromatic nitrogens is 1. The predicted octanol–water partition coefficient (Wildman–Crippen LogP) is 6.74. The van der Waals surface area contributed by atoms with E-state index in [2.05, 4.69) is 38.8 Å². The Bertz CT molecular complexity index is 1030. The molecule has 0 saturated carbocycles. The Labute approximate surface area is 187 Å². The maximum Gasteiger partial charge on any atom is 0.200 e. The van der Waals surface area contributed by atoms with E-state index in [1.807, 2.05) is 20.8 Å². The number of oxazole rings is 1. The average Bonchev–Trinajstić information content (AvgIpc) is 2.96. The fourth-order valence-corrected chi connectivity index (χ4v) is 5.81. The Balaban J connectivity index is 2.43. The fourth-order valence-electron chi connectivity index (χ4n) is 2.69. The first-order valence-corrected chi connectivity index (χ1v) is 15.1. The lowest BCUT2D eigenvalue weighted by atomic mass is 9.97. The standard InChI is InChI=1S/C22H36ClNO4SSi/c1-20(2,3)19-24-16-12-11-15(23)18(17(16)28-19)29(25,26)22(7,8)13-14-27-30(9,10)21(4,5)6/h11-12H,13-14H2,1-10H3. The predicted molar refractivity (Wildman–Crippen MR) is 127 cm³/mol. The summed E-state index contributed by atoms with van der Waals surface area (Å²) >= 11 is 6.39. The zero-order valence-electron chi connectivity index (χ0n) is 19.9. The summed E-state index contributed by atoms with van der Waals surface area (Å²) in [5, 5.41) is 0.214. The van der Waals surface area contributed by atoms with Crippen LogP contribution in [0.1, 0.15) is 67.7 Å². The molecule has 1 aromatic carbocycles. The molecule has 0 atom stereocenters. The third-order valence-electron chi connectivity index (χ3n) is 6.08. The molecule has 2 aromatic rings. The fraction of sp³-hybridized carbons (Fsp3) is 0.682. The van der Waals surface area contributed by atoms with Gasteiger partial charge in [-0.25, -0.2) is 13.4 Å². The van der Waals surface area contributed by atoms with Gasteiger partial charge >= 0.3 is 0 Å². The third-order valence-corrected chi connectivity index (χ3v) is 13.6. The van der Waals surface area contributed by atoms with Gasteiger partial charge in [-0.15, -0.1) is 0 Å². The highest BCUT2D eigenvalue weighted by Crippen LogP contribution is 2.40. The van der Waals surface area contributed by atoms with Gasteiger partial charge in [0.15, 0.2) is 23.7 Å². The largest absolute Gasteiger partial charge is 0.439 e. The lowest BCUT2D eigenvalue weighted by molar-refractivity contribution is 0.268. The topological polar surface area (TPSA) is 69.4 Å². The van der Waals surface area contributed by atoms with Gasteiger partial charge in [-0.05, 0) is 50.5 Å². The van der Waals surface area contributed by atoms with Crippen LogP contribution in [0.5, 0.6) is 0 Å². The van der Waals surface area contributed by atoms with Crippen LogP contribution in [0.4, 0.5) is 0 Å². The van der Waals surface area contributed by atoms with E-state index < -0.39 is 22.9 Å². The van der Waals surface area contributed by atoms with Crippen LogP contribution < -0.4 is 0 Å². The molecule has 0 unspecified atom stereocenters. The smallest absolute Gasteiger partial charge is 0.200 e. The summed E-state index contributed by atoms with van der Waals surface area (Å²) in [6, 6.07) is 3.27. The first-order chi connectivity index (χ1) is 13.3. The number of hydrogen-bond donors (Lipinski definition) is 0. The number of halogens is 1. The van der Waals surface area contributed by atoms with Gasteiger partial charge < -0.3 is 8.84 Å². The van der Waals surface area contributed by atoms with Crippen molar-refractivity contribution >= 4 is 40.9 Å². The van der Waals surface area contributed by atoms with Crippen LogP contribution >= 0.6 is 11.6 Å². The van der Waals surface area contributed by atoms with Crippen molar-refractivity contribution in [3.8, 4) is 0 Å². The first kappa shape index (κ1) is 25.4. The van der Waals surface area contributed by atoms with Crippen molar-refractivity contribution in [3.05, 3.63) is 23.0 Å². The van der Waals surface area contributed by atoms with Gasteiger partial charge in [0.05, 0.1) is 9.77 Å². The Morgan fingerprint density at radius 3 is 2.13 bits per heavy atom. The van der Waals surface area contributed by atoms with Crippen molar-refractivity contribution < 1.29 is 17.3 Å². The lowest BCUT2D eigenvalue weighted by Gasteiger charge is -2.37. The molecule has 8 heteroatoms. The van der Waals surface area contributed by atoms with Gasteiger partial charge in [-0.3, -0.25) is 0 Å². The molecule has 0 radical (unpaired) electrons. The van der Waals surface area contributed by atoms with Crippen molar-refractivity contribution in [2.24, 2.45) is 0 Å². The third kappa shape index (κ3) is 4.79. The van der Waals surface area contributed by atoms with E-state index in [0.29, 0.717) is 24.4 Å². The van der Waals surface area contributed by atoms with E-state index in [1.165, 1.54) is 0 Å². The van der Waals surface area contributed by atoms with Crippen LogP contribution in [0.3, 0.4) is 0 Å². The molecule has 1 aromatic heterocycles. The SMILES string of the molecule is CC(C)(C)c1nc2ccc(Cl)c(S(=O)(=O)C(C)(C)CCO[Si](C)(C)C(C)(C)C)c2o1. The quantitative estimate of drug-likeness (QED) is 0.434. The van der Waals surface area contributed by atoms with Crippen LogP contribution in [-0.4, -0.2) is 33.1 Å². The molecule has 0 amide bonds. The molecule has 0 aliphatic heterocycles. The number of fused-ring (bicyclic) bond motifs is 1. The summed E-state index contributed by atoms with van der Waals surface area (Å²) in [4.78, 5) is 4.51. The van der Waals surface area contributed by atoms with Crippen molar-refractivity contribution in [1.29, 1.82) is 0 Å². The Morgan fingerprint density at radius 1 is 1.07 bits per heavy atom. The van der Waals surface area contributed by atoms with Gasteiger partial charge in [-0.2, -0.15) is 0 Å². The van der Waals surface area contributed by atoms with Crippen LogP contribution in [0, 0.1) is 0 Å². The molecule has 0 aliphatic rings. The van der Waals surface area contributed by atoms with E-state index in [1.54, 1.807) is 26.0 Å². The zero-order valence-corrected chi connectivity index (χ0v) is 22.5. The molecule has 2 rings (SSSR count). The van der Waals surface area contributed by atoms with Crippen molar-refractivity contribution in [2.75, 3.05) is 6.61 Å². The molecule has 1 heterocycles. The van der Waals surface area contributed by atoms with Crippen molar-refractivity contribution in [3.63, 3.8) is 0 Å². The van der Waals surface area contributed by atoms with Gasteiger partial charge in [0, 0.05) is 12.0 Å².